The number of hydrogen-bond acceptors (Lipinski definition) is 4. The van der Waals surface area contributed by atoms with Gasteiger partial charge in [-0.2, -0.15) is 0 Å². The van der Waals surface area contributed by atoms with Gasteiger partial charge in [0, 0.05) is 46.1 Å². The van der Waals surface area contributed by atoms with E-state index in [9.17, 15) is 0 Å². The number of para-hydroxylation sites is 2. The van der Waals surface area contributed by atoms with Gasteiger partial charge in [-0.05, 0) is 59.7 Å². The van der Waals surface area contributed by atoms with E-state index in [1.54, 1.807) is 6.20 Å². The molecule has 0 saturated heterocycles. The molecule has 1 aliphatic carbocycles. The fraction of sp³-hybridized carbons (Fsp3) is 0.0303. The van der Waals surface area contributed by atoms with E-state index in [4.69, 9.17) is 14.9 Å². The van der Waals surface area contributed by atoms with Crippen LogP contribution in [0.5, 0.6) is 23.0 Å². The third-order valence-corrected chi connectivity index (χ3v) is 6.84. The normalized spacial score (nSPS) is 14.9. The van der Waals surface area contributed by atoms with E-state index in [1.165, 1.54) is 6.21 Å². The Kier molecular flexibility index (Phi) is 4.96. The van der Waals surface area contributed by atoms with Gasteiger partial charge >= 0.3 is 0 Å². The van der Waals surface area contributed by atoms with Crippen molar-refractivity contribution in [1.82, 2.24) is 4.98 Å². The van der Waals surface area contributed by atoms with Crippen molar-refractivity contribution in [3.63, 3.8) is 0 Å². The molecule has 7 rings (SSSR count). The predicted molar refractivity (Wildman–Crippen MR) is 147 cm³/mol. The summed E-state index contributed by atoms with van der Waals surface area (Å²) in [7, 11) is 0. The minimum Gasteiger partial charge on any atom is -0.456 e. The summed E-state index contributed by atoms with van der Waals surface area (Å²) in [5.41, 5.74) is 7.87. The maximum absolute atomic E-state index is 7.63. The summed E-state index contributed by atoms with van der Waals surface area (Å²) in [4.78, 5) is 4.54. The third-order valence-electron chi connectivity index (χ3n) is 6.84. The van der Waals surface area contributed by atoms with Crippen LogP contribution in [0.2, 0.25) is 0 Å². The van der Waals surface area contributed by atoms with Gasteiger partial charge in [0.1, 0.15) is 23.0 Å². The van der Waals surface area contributed by atoms with E-state index in [0.29, 0.717) is 0 Å². The van der Waals surface area contributed by atoms with Crippen LogP contribution < -0.4 is 9.47 Å². The molecule has 37 heavy (non-hydrogen) atoms. The highest BCUT2D eigenvalue weighted by Crippen LogP contribution is 2.49. The number of ether oxygens (including phenoxy) is 2. The number of pyridine rings is 1. The molecule has 0 amide bonds. The second kappa shape index (κ2) is 8.61. The predicted octanol–water partition coefficient (Wildman–Crippen LogP) is 8.64. The van der Waals surface area contributed by atoms with Crippen molar-refractivity contribution in [1.29, 1.82) is 5.41 Å². The molecule has 176 valence electrons. The summed E-state index contributed by atoms with van der Waals surface area (Å²) in [5, 5.41) is 7.63. The highest BCUT2D eigenvalue weighted by molar-refractivity contribution is 5.96. The van der Waals surface area contributed by atoms with Crippen molar-refractivity contribution in [2.75, 3.05) is 0 Å². The average Bonchev–Trinajstić information content (AvgIpc) is 3.75. The lowest BCUT2D eigenvalue weighted by molar-refractivity contribution is 0.472. The second-order valence-electron chi connectivity index (χ2n) is 9.15. The molecule has 2 heterocycles. The number of nitrogens with one attached hydrogen (secondary N) is 1. The first-order chi connectivity index (χ1) is 18.3. The van der Waals surface area contributed by atoms with Crippen molar-refractivity contribution >= 4 is 11.8 Å². The van der Waals surface area contributed by atoms with Gasteiger partial charge < -0.3 is 14.9 Å². The fourth-order valence-electron chi connectivity index (χ4n) is 4.90. The first-order valence-electron chi connectivity index (χ1n) is 12.3. The van der Waals surface area contributed by atoms with Crippen molar-refractivity contribution in [2.45, 2.75) is 0 Å². The van der Waals surface area contributed by atoms with E-state index in [0.717, 1.165) is 67.6 Å². The van der Waals surface area contributed by atoms with Crippen LogP contribution in [0.15, 0.2) is 115 Å². The average molecular weight is 479 g/mol. The van der Waals surface area contributed by atoms with Crippen LogP contribution >= 0.6 is 0 Å². The van der Waals surface area contributed by atoms with E-state index in [2.05, 4.69) is 53.5 Å². The molecule has 0 saturated carbocycles. The number of benzene rings is 4. The number of rotatable bonds is 3. The lowest BCUT2D eigenvalue weighted by Crippen LogP contribution is -1.98. The van der Waals surface area contributed by atoms with Gasteiger partial charge in [-0.15, -0.1) is 0 Å². The van der Waals surface area contributed by atoms with Crippen LogP contribution in [0.3, 0.4) is 0 Å². The fourth-order valence-corrected chi connectivity index (χ4v) is 4.90. The molecule has 1 atom stereocenters. The Morgan fingerprint density at radius 1 is 0.595 bits per heavy atom. The highest BCUT2D eigenvalue weighted by Gasteiger charge is 2.26. The number of allylic oxidation sites excluding steroid dienone is 2. The summed E-state index contributed by atoms with van der Waals surface area (Å²) in [5.74, 6) is 3.11. The van der Waals surface area contributed by atoms with Crippen molar-refractivity contribution < 1.29 is 9.47 Å². The molecular formula is C33H22N2O2. The first-order valence-corrected chi connectivity index (χ1v) is 12.3. The van der Waals surface area contributed by atoms with Gasteiger partial charge in [0.05, 0.1) is 5.69 Å². The highest BCUT2D eigenvalue weighted by atomic mass is 16.5. The largest absolute Gasteiger partial charge is 0.456 e. The molecule has 4 aromatic carbocycles. The van der Waals surface area contributed by atoms with Crippen LogP contribution in [0, 0.1) is 11.3 Å². The molecular weight excluding hydrogens is 456 g/mol. The summed E-state index contributed by atoms with van der Waals surface area (Å²) >= 11 is 0. The van der Waals surface area contributed by atoms with E-state index < -0.39 is 0 Å². The number of hydrogen-bond donors (Lipinski definition) is 1. The molecule has 2 aliphatic rings. The topological polar surface area (TPSA) is 55.2 Å². The number of aromatic nitrogens is 1. The standard InChI is InChI=1S/C33H22N2O2/c34-20-23-17-28(23)21-12-14-26-27-15-13-22(29-9-5-6-16-35-29)19-33(27)37-31-11-4-2-8-25(31)24-7-1-3-10-30(24)36-32(26)18-21/h1-20,23,34H/t23-/m1/s1. The lowest BCUT2D eigenvalue weighted by Gasteiger charge is -2.22. The molecule has 1 aromatic heterocycles. The summed E-state index contributed by atoms with van der Waals surface area (Å²) in [6.07, 6.45) is 5.36. The van der Waals surface area contributed by atoms with E-state index in [-0.39, 0.29) is 5.92 Å². The quantitative estimate of drug-likeness (QED) is 0.259. The van der Waals surface area contributed by atoms with Crippen LogP contribution in [-0.2, 0) is 0 Å². The molecule has 1 aliphatic heterocycles. The Labute approximate surface area is 215 Å². The second-order valence-corrected chi connectivity index (χ2v) is 9.15. The third kappa shape index (κ3) is 3.80. The van der Waals surface area contributed by atoms with E-state index in [1.807, 2.05) is 60.7 Å². The minimum absolute atomic E-state index is 0.105. The Morgan fingerprint density at radius 2 is 1.16 bits per heavy atom. The summed E-state index contributed by atoms with van der Waals surface area (Å²) in [6.45, 7) is 0. The molecule has 0 unspecified atom stereocenters. The smallest absolute Gasteiger partial charge is 0.136 e. The molecule has 0 radical (unpaired) electrons. The maximum atomic E-state index is 7.63. The van der Waals surface area contributed by atoms with Crippen LogP contribution in [0.25, 0.3) is 39.1 Å². The molecule has 4 nitrogen and oxygen atoms in total. The minimum atomic E-state index is 0.105. The van der Waals surface area contributed by atoms with Gasteiger partial charge in [-0.1, -0.05) is 60.7 Å². The number of nitrogens with zero attached hydrogens (tertiary/aromatic N) is 1. The molecule has 0 spiro atoms. The summed E-state index contributed by atoms with van der Waals surface area (Å²) in [6, 6.07) is 34.5. The lowest BCUT2D eigenvalue weighted by atomic mass is 9.97. The Bertz CT molecular complexity index is 1710. The number of fused-ring (bicyclic) bond motifs is 6. The Morgan fingerprint density at radius 3 is 1.76 bits per heavy atom. The summed E-state index contributed by atoms with van der Waals surface area (Å²) < 4.78 is 13.4. The van der Waals surface area contributed by atoms with Gasteiger partial charge in [-0.25, -0.2) is 0 Å². The monoisotopic (exact) mass is 478 g/mol. The molecule has 0 fully saturated rings. The zero-order valence-electron chi connectivity index (χ0n) is 19.9. The molecule has 5 aromatic rings. The molecule has 1 N–H and O–H groups in total. The zero-order valence-corrected chi connectivity index (χ0v) is 19.9. The van der Waals surface area contributed by atoms with Crippen LogP contribution in [-0.4, -0.2) is 11.2 Å². The Balaban J connectivity index is 1.47. The van der Waals surface area contributed by atoms with Gasteiger partial charge in [-0.3, -0.25) is 4.98 Å². The first kappa shape index (κ1) is 21.3. The van der Waals surface area contributed by atoms with Gasteiger partial charge in [0.2, 0.25) is 0 Å². The van der Waals surface area contributed by atoms with E-state index >= 15 is 0 Å². The van der Waals surface area contributed by atoms with Crippen LogP contribution in [0.4, 0.5) is 0 Å². The Hall–Kier alpha value is -4.96. The zero-order chi connectivity index (χ0) is 24.8. The molecule has 0 bridgehead atoms. The maximum Gasteiger partial charge on any atom is 0.136 e. The van der Waals surface area contributed by atoms with Gasteiger partial charge in [0.25, 0.3) is 0 Å². The molecule has 4 heteroatoms. The van der Waals surface area contributed by atoms with Gasteiger partial charge in [0.15, 0.2) is 0 Å². The van der Waals surface area contributed by atoms with Crippen LogP contribution in [0.1, 0.15) is 5.56 Å². The SMILES string of the molecule is N=C[C@H]1C=C1c1ccc2c(c1)Oc1ccccc1-c1ccccc1Oc1cc(-c3ccccn3)ccc1-2. The van der Waals surface area contributed by atoms with Crippen molar-refractivity contribution in [3.05, 3.63) is 121 Å². The van der Waals surface area contributed by atoms with Crippen molar-refractivity contribution in [2.24, 2.45) is 5.92 Å². The van der Waals surface area contributed by atoms with Crippen molar-refractivity contribution in [3.8, 4) is 56.5 Å².